The summed E-state index contributed by atoms with van der Waals surface area (Å²) in [6.07, 6.45) is 0. The first kappa shape index (κ1) is 19.6. The summed E-state index contributed by atoms with van der Waals surface area (Å²) in [6.45, 7) is 9.26. The zero-order chi connectivity index (χ0) is 20.1. The van der Waals surface area contributed by atoms with Crippen molar-refractivity contribution in [3.8, 4) is 5.75 Å². The molecular formula is C22H26N4O2. The second-order valence-corrected chi connectivity index (χ2v) is 7.04. The van der Waals surface area contributed by atoms with E-state index in [1.54, 1.807) is 10.6 Å². The third kappa shape index (κ3) is 4.39. The van der Waals surface area contributed by atoms with E-state index in [1.807, 2.05) is 56.3 Å². The van der Waals surface area contributed by atoms with Crippen LogP contribution in [0.5, 0.6) is 5.75 Å². The Morgan fingerprint density at radius 2 is 1.89 bits per heavy atom. The normalized spacial score (nSPS) is 11.8. The highest BCUT2D eigenvalue weighted by Gasteiger charge is 2.09. The first-order valence-corrected chi connectivity index (χ1v) is 9.52. The molecule has 0 amide bonds. The molecule has 0 bridgehead atoms. The summed E-state index contributed by atoms with van der Waals surface area (Å²) in [5.41, 5.74) is 5.30. The summed E-state index contributed by atoms with van der Waals surface area (Å²) in [5.74, 6) is 1.76. The maximum atomic E-state index is 12.7. The van der Waals surface area contributed by atoms with Crippen molar-refractivity contribution in [1.82, 2.24) is 9.55 Å². The van der Waals surface area contributed by atoms with Gasteiger partial charge in [0.05, 0.1) is 23.2 Å². The zero-order valence-corrected chi connectivity index (χ0v) is 16.8. The molecule has 6 nitrogen and oxygen atoms in total. The number of aromatic nitrogens is 2. The number of hydrogen-bond donors (Lipinski definition) is 1. The zero-order valence-electron chi connectivity index (χ0n) is 16.8. The summed E-state index contributed by atoms with van der Waals surface area (Å²) in [4.78, 5) is 17.2. The Kier molecular flexibility index (Phi) is 6.09. The van der Waals surface area contributed by atoms with Crippen molar-refractivity contribution in [1.29, 1.82) is 0 Å². The molecule has 0 atom stereocenters. The Morgan fingerprint density at radius 1 is 1.18 bits per heavy atom. The van der Waals surface area contributed by atoms with Gasteiger partial charge in [0.25, 0.3) is 5.56 Å². The van der Waals surface area contributed by atoms with Crippen molar-refractivity contribution in [3.05, 3.63) is 64.4 Å². The van der Waals surface area contributed by atoms with E-state index >= 15 is 0 Å². The minimum atomic E-state index is -0.0740. The summed E-state index contributed by atoms with van der Waals surface area (Å²) < 4.78 is 7.30. The molecule has 0 aliphatic heterocycles. The van der Waals surface area contributed by atoms with Gasteiger partial charge in [0.1, 0.15) is 5.75 Å². The number of para-hydroxylation sites is 1. The summed E-state index contributed by atoms with van der Waals surface area (Å²) in [7, 11) is 0. The Morgan fingerprint density at radius 3 is 2.57 bits per heavy atom. The van der Waals surface area contributed by atoms with E-state index in [2.05, 4.69) is 29.4 Å². The quantitative estimate of drug-likeness (QED) is 0.492. The second-order valence-electron chi connectivity index (χ2n) is 7.04. The third-order valence-electron chi connectivity index (χ3n) is 4.36. The van der Waals surface area contributed by atoms with Gasteiger partial charge in [-0.1, -0.05) is 26.0 Å². The van der Waals surface area contributed by atoms with Gasteiger partial charge in [-0.3, -0.25) is 9.36 Å². The van der Waals surface area contributed by atoms with Gasteiger partial charge in [0.2, 0.25) is 5.95 Å². The van der Waals surface area contributed by atoms with Crippen LogP contribution < -0.4 is 15.7 Å². The van der Waals surface area contributed by atoms with Crippen molar-refractivity contribution in [3.63, 3.8) is 0 Å². The summed E-state index contributed by atoms with van der Waals surface area (Å²) >= 11 is 0. The Labute approximate surface area is 164 Å². The molecule has 0 spiro atoms. The SMILES string of the molecule is CCn1c(N/N=C(/C)c2ccc(OCC(C)C)cc2)nc2ccccc2c1=O. The molecule has 0 saturated carbocycles. The van der Waals surface area contributed by atoms with Gasteiger partial charge in [-0.05, 0) is 61.7 Å². The average molecular weight is 378 g/mol. The number of nitrogens with zero attached hydrogens (tertiary/aromatic N) is 3. The topological polar surface area (TPSA) is 68.5 Å². The average Bonchev–Trinajstić information content (AvgIpc) is 2.71. The molecule has 0 fully saturated rings. The number of nitrogens with one attached hydrogen (secondary N) is 1. The number of ether oxygens (including phenoxy) is 1. The van der Waals surface area contributed by atoms with E-state index in [1.165, 1.54) is 0 Å². The monoisotopic (exact) mass is 378 g/mol. The summed E-state index contributed by atoms with van der Waals surface area (Å²) in [5, 5.41) is 5.03. The molecule has 2 aromatic carbocycles. The first-order chi connectivity index (χ1) is 13.5. The van der Waals surface area contributed by atoms with Crippen molar-refractivity contribution < 1.29 is 4.74 Å². The van der Waals surface area contributed by atoms with Gasteiger partial charge in [-0.15, -0.1) is 0 Å². The second kappa shape index (κ2) is 8.69. The molecule has 1 aromatic heterocycles. The van der Waals surface area contributed by atoms with Crippen LogP contribution in [0.1, 0.15) is 33.3 Å². The highest BCUT2D eigenvalue weighted by Crippen LogP contribution is 2.15. The Hall–Kier alpha value is -3.15. The molecule has 28 heavy (non-hydrogen) atoms. The van der Waals surface area contributed by atoms with Crippen LogP contribution in [0.25, 0.3) is 10.9 Å². The molecule has 3 aromatic rings. The maximum Gasteiger partial charge on any atom is 0.262 e. The lowest BCUT2D eigenvalue weighted by Gasteiger charge is -2.12. The van der Waals surface area contributed by atoms with Crippen LogP contribution >= 0.6 is 0 Å². The van der Waals surface area contributed by atoms with Crippen molar-refractivity contribution >= 4 is 22.6 Å². The first-order valence-electron chi connectivity index (χ1n) is 9.52. The van der Waals surface area contributed by atoms with Gasteiger partial charge in [0.15, 0.2) is 0 Å². The predicted octanol–water partition coefficient (Wildman–Crippen LogP) is 4.29. The van der Waals surface area contributed by atoms with E-state index in [-0.39, 0.29) is 5.56 Å². The van der Waals surface area contributed by atoms with Crippen LogP contribution in [0, 0.1) is 5.92 Å². The van der Waals surface area contributed by atoms with Gasteiger partial charge < -0.3 is 4.74 Å². The standard InChI is InChI=1S/C22H26N4O2/c1-5-26-21(27)19-8-6-7-9-20(19)23-22(26)25-24-16(4)17-10-12-18(13-11-17)28-14-15(2)3/h6-13,15H,5,14H2,1-4H3,(H,23,25)/b24-16-. The molecule has 0 radical (unpaired) electrons. The smallest absolute Gasteiger partial charge is 0.262 e. The van der Waals surface area contributed by atoms with E-state index in [0.717, 1.165) is 17.0 Å². The van der Waals surface area contributed by atoms with Gasteiger partial charge in [0, 0.05) is 6.54 Å². The fraction of sp³-hybridized carbons (Fsp3) is 0.318. The molecule has 0 saturated heterocycles. The van der Waals surface area contributed by atoms with Crippen molar-refractivity contribution in [2.75, 3.05) is 12.0 Å². The number of rotatable bonds is 7. The van der Waals surface area contributed by atoms with E-state index in [0.29, 0.717) is 35.9 Å². The predicted molar refractivity (Wildman–Crippen MR) is 114 cm³/mol. The molecular weight excluding hydrogens is 352 g/mol. The van der Waals surface area contributed by atoms with Crippen LogP contribution in [-0.4, -0.2) is 21.9 Å². The van der Waals surface area contributed by atoms with Crippen LogP contribution in [0.4, 0.5) is 5.95 Å². The van der Waals surface area contributed by atoms with E-state index in [4.69, 9.17) is 4.74 Å². The van der Waals surface area contributed by atoms with Crippen LogP contribution in [0.2, 0.25) is 0 Å². The van der Waals surface area contributed by atoms with Crippen molar-refractivity contribution in [2.45, 2.75) is 34.2 Å². The molecule has 0 unspecified atom stereocenters. The highest BCUT2D eigenvalue weighted by molar-refractivity contribution is 5.99. The minimum Gasteiger partial charge on any atom is -0.493 e. The lowest BCUT2D eigenvalue weighted by molar-refractivity contribution is 0.271. The summed E-state index contributed by atoms with van der Waals surface area (Å²) in [6, 6.07) is 15.1. The molecule has 1 N–H and O–H groups in total. The van der Waals surface area contributed by atoms with Gasteiger partial charge >= 0.3 is 0 Å². The molecule has 3 rings (SSSR count). The fourth-order valence-electron chi connectivity index (χ4n) is 2.80. The van der Waals surface area contributed by atoms with E-state index < -0.39 is 0 Å². The number of anilines is 1. The number of fused-ring (bicyclic) bond motifs is 1. The van der Waals surface area contributed by atoms with Crippen LogP contribution in [0.15, 0.2) is 58.4 Å². The Balaban J connectivity index is 1.82. The van der Waals surface area contributed by atoms with Gasteiger partial charge in [-0.2, -0.15) is 5.10 Å². The molecule has 1 heterocycles. The Bertz CT molecular complexity index is 1040. The lowest BCUT2D eigenvalue weighted by Crippen LogP contribution is -2.23. The minimum absolute atomic E-state index is 0.0740. The molecule has 0 aliphatic carbocycles. The van der Waals surface area contributed by atoms with E-state index in [9.17, 15) is 4.79 Å². The number of hydrogen-bond acceptors (Lipinski definition) is 5. The largest absolute Gasteiger partial charge is 0.493 e. The number of hydrazone groups is 1. The van der Waals surface area contributed by atoms with Crippen LogP contribution in [-0.2, 0) is 6.54 Å². The molecule has 0 aliphatic rings. The van der Waals surface area contributed by atoms with Crippen LogP contribution in [0.3, 0.4) is 0 Å². The maximum absolute atomic E-state index is 12.7. The highest BCUT2D eigenvalue weighted by atomic mass is 16.5. The third-order valence-corrected chi connectivity index (χ3v) is 4.36. The lowest BCUT2D eigenvalue weighted by atomic mass is 10.1. The molecule has 146 valence electrons. The fourth-order valence-corrected chi connectivity index (χ4v) is 2.80. The number of benzene rings is 2. The molecule has 6 heteroatoms. The van der Waals surface area contributed by atoms with Crippen molar-refractivity contribution in [2.24, 2.45) is 11.0 Å². The van der Waals surface area contributed by atoms with Gasteiger partial charge in [-0.25, -0.2) is 10.4 Å².